The van der Waals surface area contributed by atoms with Gasteiger partial charge in [0.2, 0.25) is 0 Å². The van der Waals surface area contributed by atoms with E-state index < -0.39 is 23.6 Å². The number of anilines is 1. The number of hydrogen-bond acceptors (Lipinski definition) is 3. The Kier molecular flexibility index (Phi) is 5.51. The summed E-state index contributed by atoms with van der Waals surface area (Å²) >= 11 is 0. The molecule has 1 N–H and O–H groups in total. The van der Waals surface area contributed by atoms with E-state index in [-0.39, 0.29) is 5.69 Å². The van der Waals surface area contributed by atoms with E-state index in [1.165, 1.54) is 6.92 Å². The van der Waals surface area contributed by atoms with Crippen molar-refractivity contribution in [2.24, 2.45) is 0 Å². The third-order valence-corrected chi connectivity index (χ3v) is 3.00. The van der Waals surface area contributed by atoms with Crippen LogP contribution in [0.3, 0.4) is 0 Å². The number of benzene rings is 2. The van der Waals surface area contributed by atoms with Gasteiger partial charge in [-0.1, -0.05) is 0 Å². The number of rotatable bonds is 6. The number of ether oxygens (including phenoxy) is 2. The van der Waals surface area contributed by atoms with Crippen molar-refractivity contribution in [3.63, 3.8) is 0 Å². The summed E-state index contributed by atoms with van der Waals surface area (Å²) in [6, 6.07) is 9.60. The zero-order valence-electron chi connectivity index (χ0n) is 12.8. The van der Waals surface area contributed by atoms with Gasteiger partial charge in [0, 0.05) is 6.07 Å². The second-order valence-corrected chi connectivity index (χ2v) is 4.78. The first-order valence-corrected chi connectivity index (χ1v) is 7.15. The molecule has 6 heteroatoms. The van der Waals surface area contributed by atoms with Crippen molar-refractivity contribution < 1.29 is 23.0 Å². The Bertz CT molecular complexity index is 674. The van der Waals surface area contributed by atoms with Gasteiger partial charge in [-0.3, -0.25) is 4.79 Å². The van der Waals surface area contributed by atoms with Gasteiger partial charge >= 0.3 is 0 Å². The summed E-state index contributed by atoms with van der Waals surface area (Å²) in [5, 5.41) is 2.30. The monoisotopic (exact) mass is 321 g/mol. The largest absolute Gasteiger partial charge is 0.494 e. The summed E-state index contributed by atoms with van der Waals surface area (Å²) < 4.78 is 37.4. The van der Waals surface area contributed by atoms with Gasteiger partial charge in [0.05, 0.1) is 12.3 Å². The van der Waals surface area contributed by atoms with Gasteiger partial charge in [-0.15, -0.1) is 0 Å². The van der Waals surface area contributed by atoms with Crippen molar-refractivity contribution in [2.75, 3.05) is 11.9 Å². The maximum atomic E-state index is 13.5. The lowest BCUT2D eigenvalue weighted by Gasteiger charge is -2.15. The molecule has 23 heavy (non-hydrogen) atoms. The predicted molar refractivity (Wildman–Crippen MR) is 82.7 cm³/mol. The van der Waals surface area contributed by atoms with Crippen LogP contribution in [-0.4, -0.2) is 18.6 Å². The molecule has 1 atom stereocenters. The molecule has 0 aliphatic rings. The molecule has 1 unspecified atom stereocenters. The molecule has 0 heterocycles. The van der Waals surface area contributed by atoms with Gasteiger partial charge < -0.3 is 14.8 Å². The van der Waals surface area contributed by atoms with Crippen LogP contribution < -0.4 is 14.8 Å². The Labute approximate surface area is 133 Å². The Morgan fingerprint density at radius 2 is 1.78 bits per heavy atom. The maximum Gasteiger partial charge on any atom is 0.265 e. The molecule has 122 valence electrons. The normalized spacial score (nSPS) is 11.7. The smallest absolute Gasteiger partial charge is 0.265 e. The minimum absolute atomic E-state index is 0.225. The topological polar surface area (TPSA) is 47.6 Å². The van der Waals surface area contributed by atoms with E-state index in [1.807, 2.05) is 6.92 Å². The highest BCUT2D eigenvalue weighted by atomic mass is 19.1. The number of hydrogen-bond donors (Lipinski definition) is 1. The van der Waals surface area contributed by atoms with Gasteiger partial charge in [-0.25, -0.2) is 8.78 Å². The summed E-state index contributed by atoms with van der Waals surface area (Å²) in [4.78, 5) is 12.0. The average Bonchev–Trinajstić information content (AvgIpc) is 2.53. The van der Waals surface area contributed by atoms with Crippen molar-refractivity contribution in [2.45, 2.75) is 20.0 Å². The molecule has 0 saturated carbocycles. The van der Waals surface area contributed by atoms with Crippen molar-refractivity contribution in [1.29, 1.82) is 0 Å². The summed E-state index contributed by atoms with van der Waals surface area (Å²) in [6.07, 6.45) is -0.879. The Hall–Kier alpha value is -2.63. The first-order chi connectivity index (χ1) is 11.0. The molecule has 0 spiro atoms. The zero-order valence-corrected chi connectivity index (χ0v) is 12.8. The molecule has 2 aromatic carbocycles. The molecule has 0 aliphatic heterocycles. The number of carbonyl (C=O) groups is 1. The van der Waals surface area contributed by atoms with Crippen molar-refractivity contribution in [1.82, 2.24) is 0 Å². The summed E-state index contributed by atoms with van der Waals surface area (Å²) in [6.45, 7) is 3.95. The number of nitrogens with one attached hydrogen (secondary N) is 1. The minimum atomic E-state index is -0.879. The van der Waals surface area contributed by atoms with Gasteiger partial charge in [-0.05, 0) is 50.2 Å². The highest BCUT2D eigenvalue weighted by Gasteiger charge is 2.17. The molecular formula is C17H17F2NO3. The quantitative estimate of drug-likeness (QED) is 0.881. The number of carbonyl (C=O) groups excluding carboxylic acids is 1. The van der Waals surface area contributed by atoms with Crippen molar-refractivity contribution >= 4 is 11.6 Å². The second-order valence-electron chi connectivity index (χ2n) is 4.78. The molecule has 1 amide bonds. The molecule has 2 rings (SSSR count). The predicted octanol–water partition coefficient (Wildman–Crippen LogP) is 3.77. The van der Waals surface area contributed by atoms with Crippen LogP contribution >= 0.6 is 0 Å². The lowest BCUT2D eigenvalue weighted by Crippen LogP contribution is -2.30. The lowest BCUT2D eigenvalue weighted by molar-refractivity contribution is -0.122. The summed E-state index contributed by atoms with van der Waals surface area (Å²) in [7, 11) is 0. The van der Waals surface area contributed by atoms with Gasteiger partial charge in [0.25, 0.3) is 5.91 Å². The van der Waals surface area contributed by atoms with E-state index >= 15 is 0 Å². The zero-order chi connectivity index (χ0) is 16.8. The number of amides is 1. The van der Waals surface area contributed by atoms with E-state index in [4.69, 9.17) is 9.47 Å². The third-order valence-electron chi connectivity index (χ3n) is 3.00. The Morgan fingerprint density at radius 3 is 2.43 bits per heavy atom. The minimum Gasteiger partial charge on any atom is -0.494 e. The van der Waals surface area contributed by atoms with E-state index in [9.17, 15) is 13.6 Å². The summed E-state index contributed by atoms with van der Waals surface area (Å²) in [5.74, 6) is -0.771. The first-order valence-electron chi connectivity index (χ1n) is 7.15. The molecule has 0 saturated heterocycles. The lowest BCUT2D eigenvalue weighted by atomic mass is 10.2. The van der Waals surface area contributed by atoms with E-state index in [2.05, 4.69) is 5.32 Å². The van der Waals surface area contributed by atoms with Crippen LogP contribution in [0.2, 0.25) is 0 Å². The highest BCUT2D eigenvalue weighted by molar-refractivity contribution is 5.94. The molecule has 2 aromatic rings. The van der Waals surface area contributed by atoms with Crippen LogP contribution in [0, 0.1) is 11.6 Å². The number of halogens is 2. The van der Waals surface area contributed by atoms with Crippen LogP contribution in [-0.2, 0) is 4.79 Å². The van der Waals surface area contributed by atoms with Crippen LogP contribution in [0.5, 0.6) is 11.5 Å². The fourth-order valence-corrected chi connectivity index (χ4v) is 1.87. The van der Waals surface area contributed by atoms with Crippen molar-refractivity contribution in [3.05, 3.63) is 54.1 Å². The van der Waals surface area contributed by atoms with Crippen LogP contribution in [0.4, 0.5) is 14.5 Å². The maximum absolute atomic E-state index is 13.5. The van der Waals surface area contributed by atoms with E-state index in [0.717, 1.165) is 18.2 Å². The molecule has 0 aliphatic carbocycles. The van der Waals surface area contributed by atoms with Gasteiger partial charge in [0.15, 0.2) is 6.10 Å². The molecule has 0 aromatic heterocycles. The fraction of sp³-hybridized carbons (Fsp3) is 0.235. The highest BCUT2D eigenvalue weighted by Crippen LogP contribution is 2.20. The van der Waals surface area contributed by atoms with E-state index in [0.29, 0.717) is 18.1 Å². The second kappa shape index (κ2) is 7.58. The molecule has 0 radical (unpaired) electrons. The molecule has 4 nitrogen and oxygen atoms in total. The molecule has 0 bridgehead atoms. The van der Waals surface area contributed by atoms with Gasteiger partial charge in [0.1, 0.15) is 23.1 Å². The Morgan fingerprint density at radius 1 is 1.13 bits per heavy atom. The van der Waals surface area contributed by atoms with Crippen LogP contribution in [0.25, 0.3) is 0 Å². The molecular weight excluding hydrogens is 304 g/mol. The average molecular weight is 321 g/mol. The summed E-state index contributed by atoms with van der Waals surface area (Å²) in [5.41, 5.74) is -0.225. The molecule has 0 fully saturated rings. The fourth-order valence-electron chi connectivity index (χ4n) is 1.87. The Balaban J connectivity index is 1.98. The standard InChI is InChI=1S/C17H17F2NO3/c1-3-22-13-5-7-14(8-6-13)23-11(2)17(21)20-16-10-12(18)4-9-15(16)19/h4-11H,3H2,1-2H3,(H,20,21). The van der Waals surface area contributed by atoms with Crippen molar-refractivity contribution in [3.8, 4) is 11.5 Å². The first kappa shape index (κ1) is 16.7. The SMILES string of the molecule is CCOc1ccc(OC(C)C(=O)Nc2cc(F)ccc2F)cc1. The van der Waals surface area contributed by atoms with Gasteiger partial charge in [-0.2, -0.15) is 0 Å². The van der Waals surface area contributed by atoms with Crippen LogP contribution in [0.15, 0.2) is 42.5 Å². The van der Waals surface area contributed by atoms with E-state index in [1.54, 1.807) is 24.3 Å². The third kappa shape index (κ3) is 4.67. The van der Waals surface area contributed by atoms with Crippen LogP contribution in [0.1, 0.15) is 13.8 Å².